The molecule has 18 heavy (non-hydrogen) atoms. The first-order chi connectivity index (χ1) is 8.68. The zero-order valence-corrected chi connectivity index (χ0v) is 10.9. The third-order valence-electron chi connectivity index (χ3n) is 4.32. The van der Waals surface area contributed by atoms with Gasteiger partial charge in [0, 0.05) is 12.1 Å². The summed E-state index contributed by atoms with van der Waals surface area (Å²) in [7, 11) is 0. The minimum Gasteiger partial charge on any atom is -0.316 e. The van der Waals surface area contributed by atoms with E-state index in [1.165, 1.54) is 25.7 Å². The third kappa shape index (κ3) is 1.74. The molecular formula is C15H20N2O. The normalized spacial score (nSPS) is 23.8. The van der Waals surface area contributed by atoms with Crippen LogP contribution in [0.15, 0.2) is 18.2 Å². The number of hydrogen-bond donors (Lipinski definition) is 1. The molecule has 3 heteroatoms. The lowest BCUT2D eigenvalue weighted by Crippen LogP contribution is -2.35. The van der Waals surface area contributed by atoms with Gasteiger partial charge in [0.15, 0.2) is 0 Å². The molecule has 1 atom stereocenters. The summed E-state index contributed by atoms with van der Waals surface area (Å²) in [6.07, 6.45) is 5.11. The first-order valence-electron chi connectivity index (χ1n) is 6.85. The standard InChI is InChI=1S/C15H20N2O/c1-10-5-4-8-12-13(16)15(18)17(14(10)12)9-11-6-2-3-7-11/h4-5,8,11,13H,2-3,6-7,9,16H2,1H3. The fourth-order valence-corrected chi connectivity index (χ4v) is 3.34. The van der Waals surface area contributed by atoms with Crippen molar-refractivity contribution in [1.29, 1.82) is 0 Å². The van der Waals surface area contributed by atoms with E-state index in [4.69, 9.17) is 5.73 Å². The number of amides is 1. The number of fused-ring (bicyclic) bond motifs is 1. The number of hydrogen-bond acceptors (Lipinski definition) is 2. The maximum Gasteiger partial charge on any atom is 0.248 e. The summed E-state index contributed by atoms with van der Waals surface area (Å²) in [4.78, 5) is 14.2. The van der Waals surface area contributed by atoms with Gasteiger partial charge in [0.05, 0.1) is 5.69 Å². The van der Waals surface area contributed by atoms with E-state index in [-0.39, 0.29) is 5.91 Å². The number of aryl methyl sites for hydroxylation is 1. The summed E-state index contributed by atoms with van der Waals surface area (Å²) >= 11 is 0. The molecule has 1 saturated carbocycles. The SMILES string of the molecule is Cc1cccc2c1N(CC1CCCC1)C(=O)C2N. The monoisotopic (exact) mass is 244 g/mol. The van der Waals surface area contributed by atoms with Gasteiger partial charge in [-0.25, -0.2) is 0 Å². The lowest BCUT2D eigenvalue weighted by atomic mass is 10.1. The highest BCUT2D eigenvalue weighted by Crippen LogP contribution is 2.39. The Bertz CT molecular complexity index is 477. The van der Waals surface area contributed by atoms with Crippen molar-refractivity contribution in [2.24, 2.45) is 11.7 Å². The number of anilines is 1. The van der Waals surface area contributed by atoms with Crippen molar-refractivity contribution in [3.8, 4) is 0 Å². The number of carbonyl (C=O) groups is 1. The van der Waals surface area contributed by atoms with Crippen molar-refractivity contribution in [3.05, 3.63) is 29.3 Å². The summed E-state index contributed by atoms with van der Waals surface area (Å²) in [5.41, 5.74) is 9.26. The van der Waals surface area contributed by atoms with Gasteiger partial charge in [0.1, 0.15) is 6.04 Å². The molecule has 3 rings (SSSR count). The van der Waals surface area contributed by atoms with E-state index >= 15 is 0 Å². The Labute approximate surface area is 108 Å². The van der Waals surface area contributed by atoms with Crippen LogP contribution in [0.25, 0.3) is 0 Å². The highest BCUT2D eigenvalue weighted by atomic mass is 16.2. The minimum absolute atomic E-state index is 0.0752. The van der Waals surface area contributed by atoms with E-state index in [1.54, 1.807) is 0 Å². The molecule has 2 aliphatic rings. The minimum atomic E-state index is -0.457. The fourth-order valence-electron chi connectivity index (χ4n) is 3.34. The van der Waals surface area contributed by atoms with Gasteiger partial charge < -0.3 is 10.6 Å². The molecule has 0 aromatic heterocycles. The number of carbonyl (C=O) groups excluding carboxylic acids is 1. The Morgan fingerprint density at radius 1 is 1.33 bits per heavy atom. The molecule has 2 N–H and O–H groups in total. The molecule has 1 fully saturated rings. The lowest BCUT2D eigenvalue weighted by Gasteiger charge is -2.23. The number of nitrogens with zero attached hydrogens (tertiary/aromatic N) is 1. The Morgan fingerprint density at radius 2 is 2.06 bits per heavy atom. The van der Waals surface area contributed by atoms with Gasteiger partial charge in [-0.15, -0.1) is 0 Å². The predicted octanol–water partition coefficient (Wildman–Crippen LogP) is 2.53. The van der Waals surface area contributed by atoms with Crippen molar-refractivity contribution in [2.45, 2.75) is 38.6 Å². The van der Waals surface area contributed by atoms with Gasteiger partial charge in [-0.05, 0) is 31.2 Å². The quantitative estimate of drug-likeness (QED) is 0.869. The van der Waals surface area contributed by atoms with Gasteiger partial charge in [0.25, 0.3) is 0 Å². The van der Waals surface area contributed by atoms with Crippen LogP contribution in [-0.2, 0) is 4.79 Å². The van der Waals surface area contributed by atoms with Gasteiger partial charge in [0.2, 0.25) is 5.91 Å². The molecule has 1 aromatic carbocycles. The maximum atomic E-state index is 12.3. The number of benzene rings is 1. The molecule has 1 unspecified atom stereocenters. The lowest BCUT2D eigenvalue weighted by molar-refractivity contribution is -0.119. The van der Waals surface area contributed by atoms with E-state index in [0.29, 0.717) is 5.92 Å². The summed E-state index contributed by atoms with van der Waals surface area (Å²) in [5, 5.41) is 0. The Hall–Kier alpha value is -1.35. The molecule has 1 amide bonds. The summed E-state index contributed by atoms with van der Waals surface area (Å²) in [6, 6.07) is 5.58. The van der Waals surface area contributed by atoms with Gasteiger partial charge in [-0.3, -0.25) is 4.79 Å². The van der Waals surface area contributed by atoms with Crippen molar-refractivity contribution in [3.63, 3.8) is 0 Å². The highest BCUT2D eigenvalue weighted by Gasteiger charge is 2.36. The van der Waals surface area contributed by atoms with E-state index in [0.717, 1.165) is 23.4 Å². The van der Waals surface area contributed by atoms with Crippen LogP contribution >= 0.6 is 0 Å². The second-order valence-electron chi connectivity index (χ2n) is 5.59. The van der Waals surface area contributed by atoms with Crippen LogP contribution in [0.1, 0.15) is 42.9 Å². The molecular weight excluding hydrogens is 224 g/mol. The first kappa shape index (κ1) is 11.7. The van der Waals surface area contributed by atoms with E-state index < -0.39 is 6.04 Å². The summed E-state index contributed by atoms with van der Waals surface area (Å²) in [5.74, 6) is 0.734. The maximum absolute atomic E-state index is 12.3. The molecule has 0 saturated heterocycles. The summed E-state index contributed by atoms with van der Waals surface area (Å²) < 4.78 is 0. The van der Waals surface area contributed by atoms with Crippen LogP contribution in [0.3, 0.4) is 0 Å². The van der Waals surface area contributed by atoms with Crippen molar-refractivity contribution >= 4 is 11.6 Å². The second kappa shape index (κ2) is 4.39. The van der Waals surface area contributed by atoms with Gasteiger partial charge in [-0.2, -0.15) is 0 Å². The number of para-hydroxylation sites is 1. The smallest absolute Gasteiger partial charge is 0.248 e. The van der Waals surface area contributed by atoms with E-state index in [9.17, 15) is 4.79 Å². The highest BCUT2D eigenvalue weighted by molar-refractivity contribution is 6.05. The average Bonchev–Trinajstić information content (AvgIpc) is 2.94. The van der Waals surface area contributed by atoms with Gasteiger partial charge in [-0.1, -0.05) is 31.0 Å². The molecule has 96 valence electrons. The topological polar surface area (TPSA) is 46.3 Å². The van der Waals surface area contributed by atoms with E-state index in [1.807, 2.05) is 17.0 Å². The van der Waals surface area contributed by atoms with Crippen LogP contribution in [0.5, 0.6) is 0 Å². The van der Waals surface area contributed by atoms with Crippen LogP contribution in [0.2, 0.25) is 0 Å². The molecule has 0 spiro atoms. The number of nitrogens with two attached hydrogens (primary N) is 1. The largest absolute Gasteiger partial charge is 0.316 e. The zero-order chi connectivity index (χ0) is 12.7. The van der Waals surface area contributed by atoms with Crippen LogP contribution in [0, 0.1) is 12.8 Å². The predicted molar refractivity (Wildman–Crippen MR) is 72.4 cm³/mol. The molecule has 1 aliphatic heterocycles. The van der Waals surface area contributed by atoms with Crippen molar-refractivity contribution < 1.29 is 4.79 Å². The van der Waals surface area contributed by atoms with Gasteiger partial charge >= 0.3 is 0 Å². The van der Waals surface area contributed by atoms with Crippen molar-refractivity contribution in [1.82, 2.24) is 0 Å². The van der Waals surface area contributed by atoms with Crippen LogP contribution < -0.4 is 10.6 Å². The van der Waals surface area contributed by atoms with Crippen molar-refractivity contribution in [2.75, 3.05) is 11.4 Å². The Balaban J connectivity index is 1.93. The average molecular weight is 244 g/mol. The molecule has 1 aliphatic carbocycles. The van der Waals surface area contributed by atoms with Crippen LogP contribution in [-0.4, -0.2) is 12.5 Å². The van der Waals surface area contributed by atoms with Crippen LogP contribution in [0.4, 0.5) is 5.69 Å². The third-order valence-corrected chi connectivity index (χ3v) is 4.32. The molecule has 1 heterocycles. The second-order valence-corrected chi connectivity index (χ2v) is 5.59. The Kier molecular flexibility index (Phi) is 2.86. The fraction of sp³-hybridized carbons (Fsp3) is 0.533. The molecule has 1 aromatic rings. The molecule has 3 nitrogen and oxygen atoms in total. The number of rotatable bonds is 2. The first-order valence-corrected chi connectivity index (χ1v) is 6.85. The zero-order valence-electron chi connectivity index (χ0n) is 10.9. The molecule has 0 radical (unpaired) electrons. The molecule has 0 bridgehead atoms. The Morgan fingerprint density at radius 3 is 2.78 bits per heavy atom. The van der Waals surface area contributed by atoms with E-state index in [2.05, 4.69) is 13.0 Å². The summed E-state index contributed by atoms with van der Waals surface area (Å²) in [6.45, 7) is 2.91.